The highest BCUT2D eigenvalue weighted by Crippen LogP contribution is 2.26. The van der Waals surface area contributed by atoms with E-state index in [1.54, 1.807) is 0 Å². The van der Waals surface area contributed by atoms with Gasteiger partial charge >= 0.3 is 0 Å². The number of nitrogens with one attached hydrogen (secondary N) is 1. The van der Waals surface area contributed by atoms with Crippen LogP contribution in [0.4, 0.5) is 0 Å². The van der Waals surface area contributed by atoms with Crippen molar-refractivity contribution >= 4 is 5.91 Å². The molecule has 0 bridgehead atoms. The molecule has 120 valence electrons. The molecule has 2 fully saturated rings. The minimum absolute atomic E-state index is 0.148. The largest absolute Gasteiger partial charge is 0.356 e. The average molecular weight is 299 g/mol. The fourth-order valence-electron chi connectivity index (χ4n) is 3.22. The number of hydrogen-bond donors (Lipinski definition) is 1. The Kier molecular flexibility index (Phi) is 5.78. The van der Waals surface area contributed by atoms with Crippen LogP contribution in [0.25, 0.3) is 0 Å². The number of amides is 1. The monoisotopic (exact) mass is 299 g/mol. The van der Waals surface area contributed by atoms with Crippen molar-refractivity contribution in [3.05, 3.63) is 10.1 Å². The van der Waals surface area contributed by atoms with Crippen molar-refractivity contribution in [2.75, 3.05) is 26.7 Å². The predicted molar refractivity (Wildman–Crippen MR) is 77.1 cm³/mol. The molecule has 1 aliphatic carbocycles. The maximum absolute atomic E-state index is 12.1. The molecule has 7 heteroatoms. The minimum Gasteiger partial charge on any atom is -0.356 e. The van der Waals surface area contributed by atoms with Gasteiger partial charge in [0.15, 0.2) is 0 Å². The van der Waals surface area contributed by atoms with Crippen molar-refractivity contribution in [2.45, 2.75) is 44.6 Å². The van der Waals surface area contributed by atoms with Crippen LogP contribution in [0, 0.1) is 22.0 Å². The third kappa shape index (κ3) is 5.15. The summed E-state index contributed by atoms with van der Waals surface area (Å²) in [7, 11) is 2.08. The van der Waals surface area contributed by atoms with Crippen LogP contribution >= 0.6 is 0 Å². The second-order valence-electron chi connectivity index (χ2n) is 6.29. The summed E-state index contributed by atoms with van der Waals surface area (Å²) in [5, 5.41) is 12.6. The molecular weight excluding hydrogens is 274 g/mol. The summed E-state index contributed by atoms with van der Waals surface area (Å²) in [6.07, 6.45) is 4.78. The zero-order valence-corrected chi connectivity index (χ0v) is 12.6. The average Bonchev–Trinajstić information content (AvgIpc) is 2.46. The number of nitrogens with zero attached hydrogens (tertiary/aromatic N) is 2. The summed E-state index contributed by atoms with van der Waals surface area (Å²) >= 11 is 0. The molecule has 1 N–H and O–H groups in total. The quantitative estimate of drug-likeness (QED) is 0.609. The number of carbonyl (C=O) groups is 1. The Bertz CT molecular complexity index is 361. The van der Waals surface area contributed by atoms with Gasteiger partial charge in [-0.3, -0.25) is 4.79 Å². The predicted octanol–water partition coefficient (Wildman–Crippen LogP) is 1.21. The van der Waals surface area contributed by atoms with Gasteiger partial charge in [-0.2, -0.15) is 0 Å². The van der Waals surface area contributed by atoms with Gasteiger partial charge in [-0.05, 0) is 64.6 Å². The Morgan fingerprint density at radius 3 is 2.43 bits per heavy atom. The summed E-state index contributed by atoms with van der Waals surface area (Å²) in [4.78, 5) is 29.2. The van der Waals surface area contributed by atoms with Gasteiger partial charge in [-0.1, -0.05) is 0 Å². The van der Waals surface area contributed by atoms with E-state index in [4.69, 9.17) is 0 Å². The summed E-state index contributed by atoms with van der Waals surface area (Å²) in [6.45, 7) is 2.67. The van der Waals surface area contributed by atoms with E-state index in [9.17, 15) is 14.9 Å². The lowest BCUT2D eigenvalue weighted by Crippen LogP contribution is -2.41. The first-order valence-corrected chi connectivity index (χ1v) is 7.82. The lowest BCUT2D eigenvalue weighted by Gasteiger charge is -2.30. The third-order valence-electron chi connectivity index (χ3n) is 4.68. The SMILES string of the molecule is CN1CCC(C(=O)NCC2CCC(O[N+](=O)[O-])CC2)CC1. The standard InChI is InChI=1S/C14H25N3O4/c1-16-8-6-12(7-9-16)14(18)15-10-11-2-4-13(5-3-11)21-17(19)20/h11-13H,2-10H2,1H3,(H,15,18). The van der Waals surface area contributed by atoms with Crippen LogP contribution < -0.4 is 5.32 Å². The molecule has 21 heavy (non-hydrogen) atoms. The van der Waals surface area contributed by atoms with Gasteiger partial charge in [0.05, 0.1) is 0 Å². The van der Waals surface area contributed by atoms with Gasteiger partial charge in [-0.15, -0.1) is 10.1 Å². The Labute approximate surface area is 125 Å². The fourth-order valence-corrected chi connectivity index (χ4v) is 3.22. The Morgan fingerprint density at radius 2 is 1.86 bits per heavy atom. The number of carbonyl (C=O) groups excluding carboxylic acids is 1. The maximum Gasteiger partial charge on any atom is 0.294 e. The lowest BCUT2D eigenvalue weighted by atomic mass is 9.87. The van der Waals surface area contributed by atoms with Crippen LogP contribution in [0.15, 0.2) is 0 Å². The highest BCUT2D eigenvalue weighted by Gasteiger charge is 2.26. The number of hydrogen-bond acceptors (Lipinski definition) is 5. The van der Waals surface area contributed by atoms with E-state index in [-0.39, 0.29) is 17.9 Å². The first kappa shape index (κ1) is 16.0. The number of likely N-dealkylation sites (tertiary alicyclic amines) is 1. The zero-order chi connectivity index (χ0) is 15.2. The molecule has 1 saturated heterocycles. The molecule has 2 rings (SSSR count). The number of rotatable bonds is 5. The molecule has 0 radical (unpaired) electrons. The summed E-state index contributed by atoms with van der Waals surface area (Å²) < 4.78 is 0. The van der Waals surface area contributed by atoms with E-state index >= 15 is 0 Å². The van der Waals surface area contributed by atoms with Gasteiger partial charge in [0.2, 0.25) is 5.91 Å². The first-order valence-electron chi connectivity index (χ1n) is 7.82. The Balaban J connectivity index is 1.63. The molecule has 1 amide bonds. The van der Waals surface area contributed by atoms with E-state index in [2.05, 4.69) is 22.1 Å². The van der Waals surface area contributed by atoms with Gasteiger partial charge < -0.3 is 15.1 Å². The molecule has 0 aromatic carbocycles. The summed E-state index contributed by atoms with van der Waals surface area (Å²) in [6, 6.07) is 0. The second kappa shape index (κ2) is 7.59. The highest BCUT2D eigenvalue weighted by molar-refractivity contribution is 5.78. The Morgan fingerprint density at radius 1 is 1.24 bits per heavy atom. The van der Waals surface area contributed by atoms with E-state index < -0.39 is 5.09 Å². The third-order valence-corrected chi connectivity index (χ3v) is 4.68. The molecule has 1 heterocycles. The van der Waals surface area contributed by atoms with Gasteiger partial charge in [0.1, 0.15) is 6.10 Å². The van der Waals surface area contributed by atoms with Crippen LogP contribution in [0.1, 0.15) is 38.5 Å². The molecule has 0 spiro atoms. The lowest BCUT2D eigenvalue weighted by molar-refractivity contribution is -0.769. The van der Waals surface area contributed by atoms with Crippen molar-refractivity contribution in [2.24, 2.45) is 11.8 Å². The highest BCUT2D eigenvalue weighted by atomic mass is 17.0. The summed E-state index contributed by atoms with van der Waals surface area (Å²) in [5.74, 6) is 0.744. The van der Waals surface area contributed by atoms with Crippen LogP contribution in [-0.4, -0.2) is 48.7 Å². The number of piperidine rings is 1. The van der Waals surface area contributed by atoms with Crippen molar-refractivity contribution in [1.82, 2.24) is 10.2 Å². The molecule has 0 atom stereocenters. The van der Waals surface area contributed by atoms with E-state index in [1.165, 1.54) is 0 Å². The van der Waals surface area contributed by atoms with Gasteiger partial charge in [0, 0.05) is 12.5 Å². The fraction of sp³-hybridized carbons (Fsp3) is 0.929. The topological polar surface area (TPSA) is 84.7 Å². The minimum atomic E-state index is -0.702. The smallest absolute Gasteiger partial charge is 0.294 e. The van der Waals surface area contributed by atoms with Crippen LogP contribution in [0.5, 0.6) is 0 Å². The van der Waals surface area contributed by atoms with Crippen LogP contribution in [-0.2, 0) is 9.63 Å². The van der Waals surface area contributed by atoms with Crippen molar-refractivity contribution in [3.8, 4) is 0 Å². The molecule has 1 saturated carbocycles. The van der Waals surface area contributed by atoms with Crippen molar-refractivity contribution in [3.63, 3.8) is 0 Å². The van der Waals surface area contributed by atoms with Crippen LogP contribution in [0.3, 0.4) is 0 Å². The van der Waals surface area contributed by atoms with Crippen molar-refractivity contribution < 1.29 is 14.7 Å². The van der Waals surface area contributed by atoms with Gasteiger partial charge in [0.25, 0.3) is 5.09 Å². The van der Waals surface area contributed by atoms with Crippen LogP contribution in [0.2, 0.25) is 0 Å². The molecule has 7 nitrogen and oxygen atoms in total. The van der Waals surface area contributed by atoms with Crippen molar-refractivity contribution in [1.29, 1.82) is 0 Å². The zero-order valence-electron chi connectivity index (χ0n) is 12.6. The van der Waals surface area contributed by atoms with E-state index in [0.717, 1.165) is 38.8 Å². The molecular formula is C14H25N3O4. The molecule has 0 aromatic rings. The molecule has 1 aliphatic heterocycles. The van der Waals surface area contributed by atoms with E-state index in [1.807, 2.05) is 0 Å². The normalized spacial score (nSPS) is 28.0. The molecule has 0 unspecified atom stereocenters. The molecule has 0 aromatic heterocycles. The molecule has 2 aliphatic rings. The summed E-state index contributed by atoms with van der Waals surface area (Å²) in [5.41, 5.74) is 0. The van der Waals surface area contributed by atoms with E-state index in [0.29, 0.717) is 25.3 Å². The Hall–Kier alpha value is -1.37. The maximum atomic E-state index is 12.1. The van der Waals surface area contributed by atoms with Gasteiger partial charge in [-0.25, -0.2) is 0 Å². The second-order valence-corrected chi connectivity index (χ2v) is 6.29. The first-order chi connectivity index (χ1) is 10.0.